The van der Waals surface area contributed by atoms with Gasteiger partial charge < -0.3 is 0 Å². The van der Waals surface area contributed by atoms with E-state index in [2.05, 4.69) is 146 Å². The monoisotopic (exact) mass is 456 g/mol. The molecule has 0 heteroatoms. The Kier molecular flexibility index (Phi) is 4.89. The van der Waals surface area contributed by atoms with E-state index in [0.29, 0.717) is 0 Å². The van der Waals surface area contributed by atoms with Crippen LogP contribution in [0.5, 0.6) is 0 Å². The first-order chi connectivity index (χ1) is 17.8. The van der Waals surface area contributed by atoms with E-state index in [1.54, 1.807) is 0 Å². The van der Waals surface area contributed by atoms with Gasteiger partial charge in [0.2, 0.25) is 0 Å². The van der Waals surface area contributed by atoms with Gasteiger partial charge in [0.05, 0.1) is 0 Å². The fourth-order valence-corrected chi connectivity index (χ4v) is 5.38. The third-order valence-electron chi connectivity index (χ3n) is 7.22. The predicted octanol–water partition coefficient (Wildman–Crippen LogP) is 10.1. The molecule has 0 aliphatic rings. The van der Waals surface area contributed by atoms with E-state index in [4.69, 9.17) is 0 Å². The van der Waals surface area contributed by atoms with Gasteiger partial charge in [0.15, 0.2) is 0 Å². The summed E-state index contributed by atoms with van der Waals surface area (Å²) in [7, 11) is 0. The first-order valence-corrected chi connectivity index (χ1v) is 12.4. The Hall–Kier alpha value is -4.68. The molecule has 0 saturated heterocycles. The van der Waals surface area contributed by atoms with E-state index in [-0.39, 0.29) is 0 Å². The summed E-state index contributed by atoms with van der Waals surface area (Å²) in [4.78, 5) is 0. The van der Waals surface area contributed by atoms with Gasteiger partial charge in [0.25, 0.3) is 0 Å². The van der Waals surface area contributed by atoms with E-state index in [9.17, 15) is 0 Å². The van der Waals surface area contributed by atoms with Crippen molar-refractivity contribution in [1.82, 2.24) is 0 Å². The molecule has 7 aromatic carbocycles. The Bertz CT molecular complexity index is 1860. The lowest BCUT2D eigenvalue weighted by Crippen LogP contribution is -1.88. The van der Waals surface area contributed by atoms with E-state index in [1.165, 1.54) is 65.7 Å². The zero-order chi connectivity index (χ0) is 23.9. The lowest BCUT2D eigenvalue weighted by atomic mass is 9.90. The Morgan fingerprint density at radius 2 is 0.722 bits per heavy atom. The topological polar surface area (TPSA) is 0 Å². The molecule has 0 aliphatic heterocycles. The zero-order valence-corrected chi connectivity index (χ0v) is 19.9. The van der Waals surface area contributed by atoms with Crippen molar-refractivity contribution >= 4 is 32.3 Å². The van der Waals surface area contributed by atoms with E-state index < -0.39 is 0 Å². The summed E-state index contributed by atoms with van der Waals surface area (Å²) in [5.41, 5.74) is 7.52. The van der Waals surface area contributed by atoms with Gasteiger partial charge in [-0.2, -0.15) is 0 Å². The van der Waals surface area contributed by atoms with Crippen LogP contribution in [0.3, 0.4) is 0 Å². The molecule has 0 bridgehead atoms. The van der Waals surface area contributed by atoms with Crippen molar-refractivity contribution in [3.8, 4) is 33.4 Å². The molecule has 0 saturated carbocycles. The van der Waals surface area contributed by atoms with Crippen molar-refractivity contribution in [3.63, 3.8) is 0 Å². The van der Waals surface area contributed by atoms with Gasteiger partial charge in [0.1, 0.15) is 0 Å². The minimum atomic E-state index is 1.24. The summed E-state index contributed by atoms with van der Waals surface area (Å²) < 4.78 is 0. The molecule has 7 aromatic rings. The third kappa shape index (κ3) is 3.56. The van der Waals surface area contributed by atoms with Gasteiger partial charge in [-0.1, -0.05) is 121 Å². The molecule has 0 radical (unpaired) electrons. The van der Waals surface area contributed by atoms with Crippen LogP contribution in [-0.4, -0.2) is 0 Å². The fraction of sp³-hybridized carbons (Fsp3) is 0. The van der Waals surface area contributed by atoms with Crippen LogP contribution in [0, 0.1) is 0 Å². The van der Waals surface area contributed by atoms with Crippen LogP contribution in [0.15, 0.2) is 146 Å². The molecule has 0 fully saturated rings. The van der Waals surface area contributed by atoms with Crippen molar-refractivity contribution in [2.75, 3.05) is 0 Å². The van der Waals surface area contributed by atoms with Gasteiger partial charge in [-0.05, 0) is 90.0 Å². The van der Waals surface area contributed by atoms with Gasteiger partial charge in [-0.3, -0.25) is 0 Å². The third-order valence-corrected chi connectivity index (χ3v) is 7.22. The van der Waals surface area contributed by atoms with Crippen molar-refractivity contribution in [2.24, 2.45) is 0 Å². The molecule has 0 heterocycles. The van der Waals surface area contributed by atoms with E-state index in [1.807, 2.05) is 0 Å². The van der Waals surface area contributed by atoms with Crippen LogP contribution < -0.4 is 0 Å². The number of hydrogen-bond donors (Lipinski definition) is 0. The van der Waals surface area contributed by atoms with Gasteiger partial charge in [-0.25, -0.2) is 0 Å². The molecular formula is C36H24. The molecule has 0 amide bonds. The van der Waals surface area contributed by atoms with Crippen LogP contribution in [0.25, 0.3) is 65.7 Å². The van der Waals surface area contributed by atoms with Crippen LogP contribution in [0.1, 0.15) is 0 Å². The molecule has 0 nitrogen and oxygen atoms in total. The Morgan fingerprint density at radius 3 is 1.33 bits per heavy atom. The normalized spacial score (nSPS) is 11.3. The van der Waals surface area contributed by atoms with Crippen LogP contribution in [-0.2, 0) is 0 Å². The number of benzene rings is 7. The van der Waals surface area contributed by atoms with Crippen molar-refractivity contribution < 1.29 is 0 Å². The SMILES string of the molecule is c1ccc(-c2ccc3c(ccc4cc(-c5cc6ccccc6cc5-c5ccccc5)ccc43)c2)cc1. The van der Waals surface area contributed by atoms with E-state index >= 15 is 0 Å². The average molecular weight is 457 g/mol. The lowest BCUT2D eigenvalue weighted by Gasteiger charge is -2.14. The maximum atomic E-state index is 2.34. The minimum absolute atomic E-state index is 1.24. The van der Waals surface area contributed by atoms with Crippen molar-refractivity contribution in [2.45, 2.75) is 0 Å². The van der Waals surface area contributed by atoms with E-state index in [0.717, 1.165) is 0 Å². The Balaban J connectivity index is 1.40. The van der Waals surface area contributed by atoms with Crippen molar-refractivity contribution in [1.29, 1.82) is 0 Å². The predicted molar refractivity (Wildman–Crippen MR) is 155 cm³/mol. The quantitative estimate of drug-likeness (QED) is 0.232. The zero-order valence-electron chi connectivity index (χ0n) is 19.9. The number of fused-ring (bicyclic) bond motifs is 4. The highest BCUT2D eigenvalue weighted by atomic mass is 14.2. The first kappa shape index (κ1) is 20.7. The highest BCUT2D eigenvalue weighted by molar-refractivity contribution is 6.10. The smallest absolute Gasteiger partial charge is 0.00988 e. The summed E-state index contributed by atoms with van der Waals surface area (Å²) in [6.07, 6.45) is 0. The molecule has 0 aromatic heterocycles. The summed E-state index contributed by atoms with van der Waals surface area (Å²) >= 11 is 0. The molecular weight excluding hydrogens is 432 g/mol. The average Bonchev–Trinajstić information content (AvgIpc) is 2.96. The number of rotatable bonds is 3. The first-order valence-electron chi connectivity index (χ1n) is 12.4. The molecule has 0 aliphatic carbocycles. The largest absolute Gasteiger partial charge is 0.0622 e. The van der Waals surface area contributed by atoms with Gasteiger partial charge in [0, 0.05) is 0 Å². The molecule has 0 N–H and O–H groups in total. The second-order valence-corrected chi connectivity index (χ2v) is 9.41. The molecule has 7 rings (SSSR count). The minimum Gasteiger partial charge on any atom is -0.0622 e. The molecule has 0 unspecified atom stereocenters. The Morgan fingerprint density at radius 1 is 0.250 bits per heavy atom. The summed E-state index contributed by atoms with van der Waals surface area (Å²) in [5.74, 6) is 0. The summed E-state index contributed by atoms with van der Waals surface area (Å²) in [6, 6.07) is 52.8. The highest BCUT2D eigenvalue weighted by Gasteiger charge is 2.11. The highest BCUT2D eigenvalue weighted by Crippen LogP contribution is 2.38. The molecule has 168 valence electrons. The summed E-state index contributed by atoms with van der Waals surface area (Å²) in [6.45, 7) is 0. The maximum absolute atomic E-state index is 2.34. The molecule has 0 atom stereocenters. The second kappa shape index (κ2) is 8.52. The molecule has 36 heavy (non-hydrogen) atoms. The Labute approximate surface area is 211 Å². The standard InChI is InChI=1S/C36H24/c1-3-9-25(10-4-1)29-17-19-33-30(21-29)15-16-31-22-32(18-20-34(31)33)36-24-28-14-8-7-13-27(28)23-35(36)26-11-5-2-6-12-26/h1-24H. The molecule has 0 spiro atoms. The fourth-order valence-electron chi connectivity index (χ4n) is 5.38. The van der Waals surface area contributed by atoms with Crippen molar-refractivity contribution in [3.05, 3.63) is 146 Å². The van der Waals surface area contributed by atoms with Crippen LogP contribution in [0.4, 0.5) is 0 Å². The summed E-state index contributed by atoms with van der Waals surface area (Å²) in [5, 5.41) is 7.64. The van der Waals surface area contributed by atoms with Gasteiger partial charge in [-0.15, -0.1) is 0 Å². The van der Waals surface area contributed by atoms with Gasteiger partial charge >= 0.3 is 0 Å². The van der Waals surface area contributed by atoms with Crippen LogP contribution >= 0.6 is 0 Å². The lowest BCUT2D eigenvalue weighted by molar-refractivity contribution is 1.62. The van der Waals surface area contributed by atoms with Crippen LogP contribution in [0.2, 0.25) is 0 Å². The second-order valence-electron chi connectivity index (χ2n) is 9.41. The number of hydrogen-bond acceptors (Lipinski definition) is 0. The maximum Gasteiger partial charge on any atom is -0.00988 e.